The summed E-state index contributed by atoms with van der Waals surface area (Å²) >= 11 is 4.88. The Hall–Kier alpha value is -1.27. The average Bonchev–Trinajstić information content (AvgIpc) is 2.55. The van der Waals surface area contributed by atoms with Gasteiger partial charge in [0.1, 0.15) is 10.7 Å². The Bertz CT molecular complexity index is 426. The first-order chi connectivity index (χ1) is 8.66. The summed E-state index contributed by atoms with van der Waals surface area (Å²) < 4.78 is 0. The van der Waals surface area contributed by atoms with Crippen LogP contribution in [0.25, 0.3) is 0 Å². The lowest BCUT2D eigenvalue weighted by Gasteiger charge is -2.21. The molecular formula is C12H18N4OS. The zero-order valence-electron chi connectivity index (χ0n) is 10.2. The quantitative estimate of drug-likeness (QED) is 0.563. The van der Waals surface area contributed by atoms with Crippen molar-refractivity contribution in [3.8, 4) is 0 Å². The maximum absolute atomic E-state index is 10.0. The van der Waals surface area contributed by atoms with Gasteiger partial charge in [0.05, 0.1) is 12.1 Å². The van der Waals surface area contributed by atoms with E-state index in [9.17, 15) is 5.11 Å². The van der Waals surface area contributed by atoms with Crippen LogP contribution in [-0.4, -0.2) is 32.2 Å². The first-order valence-electron chi connectivity index (χ1n) is 6.24. The fraction of sp³-hybridized carbons (Fsp3) is 0.583. The Morgan fingerprint density at radius 2 is 2.17 bits per heavy atom. The molecule has 0 amide bonds. The minimum Gasteiger partial charge on any atom is -0.391 e. The number of anilines is 1. The highest BCUT2D eigenvalue weighted by molar-refractivity contribution is 7.80. The highest BCUT2D eigenvalue weighted by Crippen LogP contribution is 2.20. The SMILES string of the molecule is NC(=S)c1ccnc(NC2CCCCCC2O)n1. The van der Waals surface area contributed by atoms with Gasteiger partial charge in [0.15, 0.2) is 0 Å². The molecular weight excluding hydrogens is 248 g/mol. The molecule has 1 aromatic rings. The molecule has 0 bridgehead atoms. The summed E-state index contributed by atoms with van der Waals surface area (Å²) in [5, 5.41) is 13.2. The highest BCUT2D eigenvalue weighted by Gasteiger charge is 2.22. The zero-order valence-corrected chi connectivity index (χ0v) is 11.0. The number of aliphatic hydroxyl groups excluding tert-OH is 1. The second kappa shape index (κ2) is 6.06. The maximum atomic E-state index is 10.0. The van der Waals surface area contributed by atoms with Crippen LogP contribution in [0.15, 0.2) is 12.3 Å². The normalized spacial score (nSPS) is 24.3. The van der Waals surface area contributed by atoms with Crippen molar-refractivity contribution in [1.82, 2.24) is 9.97 Å². The largest absolute Gasteiger partial charge is 0.391 e. The Labute approximate surface area is 112 Å². The number of nitrogens with one attached hydrogen (secondary N) is 1. The molecule has 1 heterocycles. The van der Waals surface area contributed by atoms with Crippen molar-refractivity contribution in [2.45, 2.75) is 44.2 Å². The van der Waals surface area contributed by atoms with Crippen LogP contribution in [-0.2, 0) is 0 Å². The van der Waals surface area contributed by atoms with Crippen molar-refractivity contribution in [3.63, 3.8) is 0 Å². The topological polar surface area (TPSA) is 84.1 Å². The summed E-state index contributed by atoms with van der Waals surface area (Å²) in [7, 11) is 0. The predicted molar refractivity (Wildman–Crippen MR) is 74.4 cm³/mol. The van der Waals surface area contributed by atoms with E-state index in [1.807, 2.05) is 0 Å². The van der Waals surface area contributed by atoms with Crippen LogP contribution in [0.4, 0.5) is 5.95 Å². The van der Waals surface area contributed by atoms with Crippen molar-refractivity contribution < 1.29 is 5.11 Å². The average molecular weight is 266 g/mol. The van der Waals surface area contributed by atoms with Gasteiger partial charge in [0.2, 0.25) is 5.95 Å². The number of hydrogen-bond donors (Lipinski definition) is 3. The van der Waals surface area contributed by atoms with E-state index in [0.29, 0.717) is 11.6 Å². The molecule has 1 aliphatic carbocycles. The molecule has 0 saturated heterocycles. The van der Waals surface area contributed by atoms with Crippen molar-refractivity contribution in [2.75, 3.05) is 5.32 Å². The van der Waals surface area contributed by atoms with E-state index >= 15 is 0 Å². The van der Waals surface area contributed by atoms with E-state index < -0.39 is 0 Å². The van der Waals surface area contributed by atoms with Crippen LogP contribution in [0, 0.1) is 0 Å². The van der Waals surface area contributed by atoms with Crippen LogP contribution < -0.4 is 11.1 Å². The van der Waals surface area contributed by atoms with Gasteiger partial charge in [0, 0.05) is 6.20 Å². The highest BCUT2D eigenvalue weighted by atomic mass is 32.1. The molecule has 5 nitrogen and oxygen atoms in total. The fourth-order valence-electron chi connectivity index (χ4n) is 2.19. The number of aromatic nitrogens is 2. The van der Waals surface area contributed by atoms with Gasteiger partial charge in [-0.2, -0.15) is 0 Å². The van der Waals surface area contributed by atoms with Crippen molar-refractivity contribution in [3.05, 3.63) is 18.0 Å². The summed E-state index contributed by atoms with van der Waals surface area (Å²) in [6.07, 6.45) is 6.39. The Morgan fingerprint density at radius 3 is 2.94 bits per heavy atom. The third-order valence-corrected chi connectivity index (χ3v) is 3.41. The molecule has 1 fully saturated rings. The molecule has 0 radical (unpaired) electrons. The standard InChI is InChI=1S/C12H18N4OS/c13-11(18)9-6-7-14-12(16-9)15-8-4-2-1-3-5-10(8)17/h6-8,10,17H,1-5H2,(H2,13,18)(H,14,15,16). The third-order valence-electron chi connectivity index (χ3n) is 3.20. The molecule has 2 atom stereocenters. The summed E-state index contributed by atoms with van der Waals surface area (Å²) in [5.41, 5.74) is 6.08. The number of hydrogen-bond acceptors (Lipinski definition) is 5. The van der Waals surface area contributed by atoms with Gasteiger partial charge in [-0.3, -0.25) is 0 Å². The van der Waals surface area contributed by atoms with Gasteiger partial charge in [-0.15, -0.1) is 0 Å². The minimum absolute atomic E-state index is 0.00842. The van der Waals surface area contributed by atoms with Gasteiger partial charge in [-0.25, -0.2) is 9.97 Å². The fourth-order valence-corrected chi connectivity index (χ4v) is 2.30. The van der Waals surface area contributed by atoms with Gasteiger partial charge < -0.3 is 16.2 Å². The molecule has 0 aromatic carbocycles. The molecule has 1 aromatic heterocycles. The van der Waals surface area contributed by atoms with Gasteiger partial charge in [-0.1, -0.05) is 31.5 Å². The maximum Gasteiger partial charge on any atom is 0.223 e. The summed E-state index contributed by atoms with van der Waals surface area (Å²) in [6, 6.07) is 1.69. The van der Waals surface area contributed by atoms with E-state index in [4.69, 9.17) is 18.0 Å². The first-order valence-corrected chi connectivity index (χ1v) is 6.65. The Balaban J connectivity index is 2.07. The van der Waals surface area contributed by atoms with Crippen LogP contribution in [0.1, 0.15) is 37.8 Å². The van der Waals surface area contributed by atoms with Gasteiger partial charge in [-0.05, 0) is 18.9 Å². The molecule has 6 heteroatoms. The summed E-state index contributed by atoms with van der Waals surface area (Å²) in [4.78, 5) is 8.62. The lowest BCUT2D eigenvalue weighted by atomic mass is 10.1. The molecule has 0 spiro atoms. The monoisotopic (exact) mass is 266 g/mol. The van der Waals surface area contributed by atoms with E-state index in [2.05, 4.69) is 15.3 Å². The van der Waals surface area contributed by atoms with Gasteiger partial charge in [0.25, 0.3) is 0 Å². The molecule has 2 rings (SSSR count). The Kier molecular flexibility index (Phi) is 4.43. The third kappa shape index (κ3) is 3.36. The Morgan fingerprint density at radius 1 is 1.39 bits per heavy atom. The van der Waals surface area contributed by atoms with Crippen molar-refractivity contribution in [2.24, 2.45) is 5.73 Å². The predicted octanol–water partition coefficient (Wildman–Crippen LogP) is 1.22. The van der Waals surface area contributed by atoms with E-state index in [1.54, 1.807) is 12.3 Å². The number of aliphatic hydroxyl groups is 1. The van der Waals surface area contributed by atoms with Crippen LogP contribution in [0.3, 0.4) is 0 Å². The first kappa shape index (κ1) is 13.2. The number of nitrogens with two attached hydrogens (primary N) is 1. The lowest BCUT2D eigenvalue weighted by molar-refractivity contribution is 0.144. The molecule has 18 heavy (non-hydrogen) atoms. The van der Waals surface area contributed by atoms with E-state index in [0.717, 1.165) is 25.7 Å². The summed E-state index contributed by atoms with van der Waals surface area (Å²) in [5.74, 6) is 0.478. The number of nitrogens with zero attached hydrogens (tertiary/aromatic N) is 2. The lowest BCUT2D eigenvalue weighted by Crippen LogP contribution is -2.33. The minimum atomic E-state index is -0.343. The van der Waals surface area contributed by atoms with Crippen LogP contribution in [0.5, 0.6) is 0 Å². The van der Waals surface area contributed by atoms with E-state index in [-0.39, 0.29) is 17.1 Å². The molecule has 1 saturated carbocycles. The molecule has 1 aliphatic rings. The second-order valence-corrected chi connectivity index (χ2v) is 5.03. The smallest absolute Gasteiger partial charge is 0.223 e. The molecule has 4 N–H and O–H groups in total. The summed E-state index contributed by atoms with van der Waals surface area (Å²) in [6.45, 7) is 0. The van der Waals surface area contributed by atoms with E-state index in [1.165, 1.54) is 6.42 Å². The van der Waals surface area contributed by atoms with Gasteiger partial charge >= 0.3 is 0 Å². The molecule has 2 unspecified atom stereocenters. The second-order valence-electron chi connectivity index (χ2n) is 4.59. The molecule has 0 aliphatic heterocycles. The number of thiocarbonyl (C=S) groups is 1. The van der Waals surface area contributed by atoms with Crippen molar-refractivity contribution >= 4 is 23.2 Å². The van der Waals surface area contributed by atoms with Crippen LogP contribution in [0.2, 0.25) is 0 Å². The molecule has 98 valence electrons. The number of rotatable bonds is 3. The van der Waals surface area contributed by atoms with Crippen molar-refractivity contribution in [1.29, 1.82) is 0 Å². The zero-order chi connectivity index (χ0) is 13.0. The van der Waals surface area contributed by atoms with Crippen LogP contribution >= 0.6 is 12.2 Å².